The van der Waals surface area contributed by atoms with Gasteiger partial charge in [0, 0.05) is 13.1 Å². The molecule has 90 valence electrons. The van der Waals surface area contributed by atoms with Crippen molar-refractivity contribution in [2.24, 2.45) is 0 Å². The fraction of sp³-hybridized carbons (Fsp3) is 0.750. The first-order valence-electron chi connectivity index (χ1n) is 5.98. The molecule has 0 amide bonds. The zero-order valence-electron chi connectivity index (χ0n) is 9.94. The Morgan fingerprint density at radius 3 is 2.75 bits per heavy atom. The average Bonchev–Trinajstić information content (AvgIpc) is 2.87. The fourth-order valence-corrected chi connectivity index (χ4v) is 2.34. The largest absolute Gasteiger partial charge is 0.463 e. The van der Waals surface area contributed by atoms with E-state index in [4.69, 9.17) is 9.47 Å². The van der Waals surface area contributed by atoms with Gasteiger partial charge in [-0.1, -0.05) is 6.08 Å². The maximum absolute atomic E-state index is 12.1. The summed E-state index contributed by atoms with van der Waals surface area (Å²) in [6.45, 7) is 5.94. The highest BCUT2D eigenvalue weighted by molar-refractivity contribution is 5.82. The van der Waals surface area contributed by atoms with Crippen LogP contribution in [-0.4, -0.2) is 42.4 Å². The van der Waals surface area contributed by atoms with E-state index in [1.165, 1.54) is 0 Å². The molecule has 2 heterocycles. The average molecular weight is 225 g/mol. The number of likely N-dealkylation sites (tertiary alicyclic amines) is 1. The SMILES string of the molecule is CCOC(=O)C1(N2CCCC2)C=CC(C)O1. The second-order valence-electron chi connectivity index (χ2n) is 4.29. The summed E-state index contributed by atoms with van der Waals surface area (Å²) in [5.74, 6) is -0.280. The fourth-order valence-electron chi connectivity index (χ4n) is 2.34. The topological polar surface area (TPSA) is 38.8 Å². The van der Waals surface area contributed by atoms with Crippen molar-refractivity contribution in [3.8, 4) is 0 Å². The molecule has 1 saturated heterocycles. The van der Waals surface area contributed by atoms with E-state index < -0.39 is 5.72 Å². The zero-order chi connectivity index (χ0) is 11.6. The van der Waals surface area contributed by atoms with Crippen LogP contribution in [0.25, 0.3) is 0 Å². The van der Waals surface area contributed by atoms with Crippen LogP contribution in [0, 0.1) is 0 Å². The molecule has 0 N–H and O–H groups in total. The van der Waals surface area contributed by atoms with Crippen LogP contribution < -0.4 is 0 Å². The van der Waals surface area contributed by atoms with E-state index in [0.717, 1.165) is 25.9 Å². The molecule has 2 aliphatic heterocycles. The summed E-state index contributed by atoms with van der Waals surface area (Å²) in [6, 6.07) is 0. The first-order valence-corrected chi connectivity index (χ1v) is 5.98. The molecule has 2 unspecified atom stereocenters. The number of carbonyl (C=O) groups excluding carboxylic acids is 1. The Hall–Kier alpha value is -0.870. The number of hydrogen-bond acceptors (Lipinski definition) is 4. The van der Waals surface area contributed by atoms with Gasteiger partial charge in [0.2, 0.25) is 5.72 Å². The standard InChI is InChI=1S/C12H19NO3/c1-3-15-11(14)12(7-6-10(2)16-12)13-8-4-5-9-13/h6-7,10H,3-5,8-9H2,1-2H3. The van der Waals surface area contributed by atoms with E-state index >= 15 is 0 Å². The molecule has 2 atom stereocenters. The Labute approximate surface area is 96.2 Å². The van der Waals surface area contributed by atoms with Crippen LogP contribution in [0.4, 0.5) is 0 Å². The lowest BCUT2D eigenvalue weighted by molar-refractivity contribution is -0.188. The van der Waals surface area contributed by atoms with Crippen molar-refractivity contribution >= 4 is 5.97 Å². The summed E-state index contributed by atoms with van der Waals surface area (Å²) in [5, 5.41) is 0. The van der Waals surface area contributed by atoms with Gasteiger partial charge in [-0.05, 0) is 32.8 Å². The maximum atomic E-state index is 12.1. The minimum Gasteiger partial charge on any atom is -0.463 e. The van der Waals surface area contributed by atoms with Gasteiger partial charge >= 0.3 is 5.97 Å². The van der Waals surface area contributed by atoms with Crippen molar-refractivity contribution < 1.29 is 14.3 Å². The summed E-state index contributed by atoms with van der Waals surface area (Å²) in [7, 11) is 0. The summed E-state index contributed by atoms with van der Waals surface area (Å²) >= 11 is 0. The van der Waals surface area contributed by atoms with E-state index in [1.807, 2.05) is 26.0 Å². The Kier molecular flexibility index (Phi) is 3.30. The molecule has 1 fully saturated rings. The van der Waals surface area contributed by atoms with E-state index in [0.29, 0.717) is 6.61 Å². The number of hydrogen-bond donors (Lipinski definition) is 0. The first-order chi connectivity index (χ1) is 7.69. The van der Waals surface area contributed by atoms with Gasteiger partial charge in [-0.2, -0.15) is 0 Å². The molecule has 0 saturated carbocycles. The van der Waals surface area contributed by atoms with Crippen LogP contribution in [0.3, 0.4) is 0 Å². The first kappa shape index (κ1) is 11.6. The van der Waals surface area contributed by atoms with E-state index in [1.54, 1.807) is 0 Å². The molecular formula is C12H19NO3. The van der Waals surface area contributed by atoms with Crippen molar-refractivity contribution in [3.05, 3.63) is 12.2 Å². The second-order valence-corrected chi connectivity index (χ2v) is 4.29. The summed E-state index contributed by atoms with van der Waals surface area (Å²) in [6.07, 6.45) is 5.99. The van der Waals surface area contributed by atoms with Crippen molar-refractivity contribution in [2.75, 3.05) is 19.7 Å². The second kappa shape index (κ2) is 4.55. The van der Waals surface area contributed by atoms with Crippen molar-refractivity contribution in [1.82, 2.24) is 4.90 Å². The molecule has 0 radical (unpaired) electrons. The highest BCUT2D eigenvalue weighted by Crippen LogP contribution is 2.31. The maximum Gasteiger partial charge on any atom is 0.358 e. The Balaban J connectivity index is 2.19. The van der Waals surface area contributed by atoms with E-state index in [2.05, 4.69) is 4.90 Å². The molecule has 2 rings (SSSR count). The molecule has 16 heavy (non-hydrogen) atoms. The van der Waals surface area contributed by atoms with Crippen LogP contribution >= 0.6 is 0 Å². The zero-order valence-corrected chi connectivity index (χ0v) is 9.94. The van der Waals surface area contributed by atoms with Gasteiger partial charge in [0.25, 0.3) is 0 Å². The van der Waals surface area contributed by atoms with Crippen LogP contribution in [0.15, 0.2) is 12.2 Å². The van der Waals surface area contributed by atoms with Gasteiger partial charge in [-0.15, -0.1) is 0 Å². The lowest BCUT2D eigenvalue weighted by atomic mass is 10.2. The predicted molar refractivity (Wildman–Crippen MR) is 59.9 cm³/mol. The Morgan fingerprint density at radius 2 is 2.25 bits per heavy atom. The van der Waals surface area contributed by atoms with Crippen molar-refractivity contribution in [2.45, 2.75) is 38.5 Å². The molecule has 0 spiro atoms. The number of carbonyl (C=O) groups is 1. The molecule has 2 aliphatic rings. The monoisotopic (exact) mass is 225 g/mol. The van der Waals surface area contributed by atoms with Crippen LogP contribution in [0.1, 0.15) is 26.7 Å². The van der Waals surface area contributed by atoms with E-state index in [9.17, 15) is 4.79 Å². The van der Waals surface area contributed by atoms with Gasteiger partial charge in [0.1, 0.15) is 0 Å². The minimum absolute atomic E-state index is 0.0231. The van der Waals surface area contributed by atoms with Gasteiger partial charge in [-0.3, -0.25) is 4.90 Å². The van der Waals surface area contributed by atoms with Crippen LogP contribution in [0.2, 0.25) is 0 Å². The van der Waals surface area contributed by atoms with E-state index in [-0.39, 0.29) is 12.1 Å². The number of nitrogens with zero attached hydrogens (tertiary/aromatic N) is 1. The van der Waals surface area contributed by atoms with Crippen LogP contribution in [-0.2, 0) is 14.3 Å². The van der Waals surface area contributed by atoms with Crippen molar-refractivity contribution in [1.29, 1.82) is 0 Å². The number of esters is 1. The van der Waals surface area contributed by atoms with Crippen molar-refractivity contribution in [3.63, 3.8) is 0 Å². The van der Waals surface area contributed by atoms with Gasteiger partial charge in [-0.25, -0.2) is 4.79 Å². The molecule has 0 aromatic rings. The molecule has 4 heteroatoms. The summed E-state index contributed by atoms with van der Waals surface area (Å²) in [4.78, 5) is 14.1. The van der Waals surface area contributed by atoms with Crippen LogP contribution in [0.5, 0.6) is 0 Å². The summed E-state index contributed by atoms with van der Waals surface area (Å²) < 4.78 is 10.9. The van der Waals surface area contributed by atoms with Gasteiger partial charge in [0.15, 0.2) is 0 Å². The lowest BCUT2D eigenvalue weighted by Gasteiger charge is -2.34. The number of rotatable bonds is 3. The summed E-state index contributed by atoms with van der Waals surface area (Å²) in [5.41, 5.74) is -0.952. The van der Waals surface area contributed by atoms with Gasteiger partial charge < -0.3 is 9.47 Å². The third-order valence-corrected chi connectivity index (χ3v) is 3.10. The molecule has 4 nitrogen and oxygen atoms in total. The molecular weight excluding hydrogens is 206 g/mol. The third-order valence-electron chi connectivity index (χ3n) is 3.10. The number of ether oxygens (including phenoxy) is 2. The lowest BCUT2D eigenvalue weighted by Crippen LogP contribution is -2.54. The highest BCUT2D eigenvalue weighted by atomic mass is 16.6. The quantitative estimate of drug-likeness (QED) is 0.536. The third kappa shape index (κ3) is 1.87. The molecule has 0 aliphatic carbocycles. The molecule has 0 aromatic carbocycles. The highest BCUT2D eigenvalue weighted by Gasteiger charge is 2.49. The Bertz CT molecular complexity index is 297. The minimum atomic E-state index is -0.952. The normalized spacial score (nSPS) is 34.5. The molecule has 0 aromatic heterocycles. The van der Waals surface area contributed by atoms with Gasteiger partial charge in [0.05, 0.1) is 12.7 Å². The Morgan fingerprint density at radius 1 is 1.56 bits per heavy atom. The predicted octanol–water partition coefficient (Wildman–Crippen LogP) is 1.32. The molecule has 0 bridgehead atoms. The smallest absolute Gasteiger partial charge is 0.358 e.